The molecule has 5 N–H and O–H groups in total. The van der Waals surface area contributed by atoms with Crippen LogP contribution in [0, 0.1) is 5.92 Å². The summed E-state index contributed by atoms with van der Waals surface area (Å²) in [4.78, 5) is 9.50. The van der Waals surface area contributed by atoms with Crippen molar-refractivity contribution >= 4 is 6.29 Å². The molecule has 1 atom stereocenters. The minimum atomic E-state index is -0.398. The van der Waals surface area contributed by atoms with Crippen molar-refractivity contribution in [3.05, 3.63) is 0 Å². The minimum absolute atomic E-state index is 0.204. The van der Waals surface area contributed by atoms with E-state index in [9.17, 15) is 4.79 Å². The summed E-state index contributed by atoms with van der Waals surface area (Å²) in [5.74, 6) is 0.204. The van der Waals surface area contributed by atoms with E-state index in [0.29, 0.717) is 19.5 Å². The van der Waals surface area contributed by atoms with Crippen LogP contribution in [0.3, 0.4) is 0 Å². The van der Waals surface area contributed by atoms with Crippen LogP contribution in [0.5, 0.6) is 0 Å². The van der Waals surface area contributed by atoms with Crippen molar-refractivity contribution in [2.24, 2.45) is 17.4 Å². The quantitative estimate of drug-likeness (QED) is 0.504. The zero-order valence-corrected chi connectivity index (χ0v) is 7.86. The predicted molar refractivity (Wildman–Crippen MR) is 49.6 cm³/mol. The molecule has 0 saturated carbocycles. The number of nitrogens with two attached hydrogens (primary N) is 2. The number of carbonyl (C=O) groups is 1. The Morgan fingerprint density at radius 3 is 1.92 bits per heavy atom. The van der Waals surface area contributed by atoms with Crippen LogP contribution in [-0.2, 0) is 4.79 Å². The van der Waals surface area contributed by atoms with Crippen molar-refractivity contribution in [3.8, 4) is 0 Å². The highest BCUT2D eigenvalue weighted by molar-refractivity contribution is 5.51. The second-order valence-corrected chi connectivity index (χ2v) is 2.85. The second-order valence-electron chi connectivity index (χ2n) is 2.85. The first kappa shape index (κ1) is 14.1. The summed E-state index contributed by atoms with van der Waals surface area (Å²) in [6.07, 6.45) is 1.13. The Labute approximate surface area is 73.9 Å². The zero-order valence-electron chi connectivity index (χ0n) is 7.86. The van der Waals surface area contributed by atoms with Gasteiger partial charge in [-0.2, -0.15) is 0 Å². The third-order valence-electron chi connectivity index (χ3n) is 1.04. The average Bonchev–Trinajstić information content (AvgIpc) is 2.06. The van der Waals surface area contributed by atoms with Gasteiger partial charge < -0.3 is 21.4 Å². The van der Waals surface area contributed by atoms with Gasteiger partial charge in [0.15, 0.2) is 0 Å². The Balaban J connectivity index is 0. The lowest BCUT2D eigenvalue weighted by atomic mass is 10.3. The molecular formula is C8H20N2O2. The lowest BCUT2D eigenvalue weighted by Gasteiger charge is -2.01. The van der Waals surface area contributed by atoms with Crippen LogP contribution in [0.15, 0.2) is 0 Å². The molecule has 0 aliphatic heterocycles. The first-order valence-electron chi connectivity index (χ1n) is 4.11. The molecule has 0 aliphatic rings. The van der Waals surface area contributed by atoms with Crippen molar-refractivity contribution in [2.45, 2.75) is 26.4 Å². The average molecular weight is 176 g/mol. The van der Waals surface area contributed by atoms with E-state index in [1.54, 1.807) is 0 Å². The Morgan fingerprint density at radius 2 is 1.83 bits per heavy atom. The van der Waals surface area contributed by atoms with Gasteiger partial charge in [0.25, 0.3) is 0 Å². The number of hydrogen-bond donors (Lipinski definition) is 3. The fraction of sp³-hybridized carbons (Fsp3) is 0.875. The monoisotopic (exact) mass is 176 g/mol. The lowest BCUT2D eigenvalue weighted by Crippen LogP contribution is -2.22. The third-order valence-corrected chi connectivity index (χ3v) is 1.04. The van der Waals surface area contributed by atoms with E-state index < -0.39 is 6.10 Å². The SMILES string of the molecule is CC(C)C=O.NCCC(O)CN. The number of carbonyl (C=O) groups excluding carboxylic acids is 1. The highest BCUT2D eigenvalue weighted by Crippen LogP contribution is 1.81. The molecule has 0 fully saturated rings. The molecule has 0 radical (unpaired) electrons. The van der Waals surface area contributed by atoms with Gasteiger partial charge in [-0.05, 0) is 13.0 Å². The van der Waals surface area contributed by atoms with Gasteiger partial charge in [-0.15, -0.1) is 0 Å². The third kappa shape index (κ3) is 16.3. The van der Waals surface area contributed by atoms with Gasteiger partial charge in [-0.1, -0.05) is 13.8 Å². The molecule has 0 aromatic carbocycles. The van der Waals surface area contributed by atoms with Crippen LogP contribution in [-0.4, -0.2) is 30.6 Å². The molecule has 0 bridgehead atoms. The van der Waals surface area contributed by atoms with Gasteiger partial charge >= 0.3 is 0 Å². The highest BCUT2D eigenvalue weighted by Gasteiger charge is 1.95. The van der Waals surface area contributed by atoms with Gasteiger partial charge in [0.05, 0.1) is 6.10 Å². The number of rotatable bonds is 4. The van der Waals surface area contributed by atoms with Crippen LogP contribution in [0.25, 0.3) is 0 Å². The van der Waals surface area contributed by atoms with Crippen LogP contribution in [0.4, 0.5) is 0 Å². The van der Waals surface area contributed by atoms with Crippen molar-refractivity contribution in [2.75, 3.05) is 13.1 Å². The van der Waals surface area contributed by atoms with E-state index in [1.165, 1.54) is 0 Å². The molecule has 0 aromatic rings. The van der Waals surface area contributed by atoms with Gasteiger partial charge in [-0.3, -0.25) is 0 Å². The standard InChI is InChI=1S/C4H12N2O.C4H8O/c5-2-1-4(7)3-6;1-4(2)3-5/h4,7H,1-3,5-6H2;3-4H,1-2H3. The highest BCUT2D eigenvalue weighted by atomic mass is 16.3. The summed E-state index contributed by atoms with van der Waals surface area (Å²) < 4.78 is 0. The van der Waals surface area contributed by atoms with Crippen LogP contribution in [0.2, 0.25) is 0 Å². The van der Waals surface area contributed by atoms with Gasteiger partial charge in [0.1, 0.15) is 6.29 Å². The maximum absolute atomic E-state index is 9.50. The van der Waals surface area contributed by atoms with Gasteiger partial charge in [0, 0.05) is 12.5 Å². The lowest BCUT2D eigenvalue weighted by molar-refractivity contribution is -0.110. The molecular weight excluding hydrogens is 156 g/mol. The minimum Gasteiger partial charge on any atom is -0.392 e. The van der Waals surface area contributed by atoms with E-state index in [2.05, 4.69) is 0 Å². The molecule has 0 saturated heterocycles. The van der Waals surface area contributed by atoms with Crippen LogP contribution < -0.4 is 11.5 Å². The molecule has 74 valence electrons. The van der Waals surface area contributed by atoms with E-state index in [1.807, 2.05) is 13.8 Å². The second kappa shape index (κ2) is 10.6. The van der Waals surface area contributed by atoms with Crippen molar-refractivity contribution in [3.63, 3.8) is 0 Å². The Hall–Kier alpha value is -0.450. The summed E-state index contributed by atoms with van der Waals surface area (Å²) in [5.41, 5.74) is 10.1. The van der Waals surface area contributed by atoms with Gasteiger partial charge in [0.2, 0.25) is 0 Å². The van der Waals surface area contributed by atoms with E-state index in [0.717, 1.165) is 6.29 Å². The van der Waals surface area contributed by atoms with Crippen molar-refractivity contribution in [1.29, 1.82) is 0 Å². The largest absolute Gasteiger partial charge is 0.392 e. The Bertz CT molecular complexity index is 97.1. The molecule has 4 nitrogen and oxygen atoms in total. The van der Waals surface area contributed by atoms with Crippen LogP contribution in [0.1, 0.15) is 20.3 Å². The number of aliphatic hydroxyl groups excluding tert-OH is 1. The number of aldehydes is 1. The summed E-state index contributed by atoms with van der Waals surface area (Å²) in [6.45, 7) is 4.54. The smallest absolute Gasteiger partial charge is 0.122 e. The van der Waals surface area contributed by atoms with E-state index in [4.69, 9.17) is 16.6 Å². The maximum atomic E-state index is 9.50. The fourth-order valence-electron chi connectivity index (χ4n) is 0.310. The van der Waals surface area contributed by atoms with Crippen molar-refractivity contribution in [1.82, 2.24) is 0 Å². The molecule has 0 spiro atoms. The number of aliphatic hydroxyl groups is 1. The predicted octanol–water partition coefficient (Wildman–Crippen LogP) is -0.504. The maximum Gasteiger partial charge on any atom is 0.122 e. The number of hydrogen-bond acceptors (Lipinski definition) is 4. The van der Waals surface area contributed by atoms with E-state index in [-0.39, 0.29) is 5.92 Å². The zero-order chi connectivity index (χ0) is 9.98. The first-order valence-corrected chi connectivity index (χ1v) is 4.11. The fourth-order valence-corrected chi connectivity index (χ4v) is 0.310. The molecule has 0 amide bonds. The molecule has 0 aliphatic carbocycles. The topological polar surface area (TPSA) is 89.3 Å². The summed E-state index contributed by atoms with van der Waals surface area (Å²) in [6, 6.07) is 0. The molecule has 0 heterocycles. The van der Waals surface area contributed by atoms with Crippen LogP contribution >= 0.6 is 0 Å². The normalized spacial score (nSPS) is 11.8. The van der Waals surface area contributed by atoms with Gasteiger partial charge in [-0.25, -0.2) is 0 Å². The van der Waals surface area contributed by atoms with Crippen molar-refractivity contribution < 1.29 is 9.90 Å². The molecule has 0 aromatic heterocycles. The van der Waals surface area contributed by atoms with E-state index >= 15 is 0 Å². The molecule has 1 unspecified atom stereocenters. The molecule has 0 rings (SSSR count). The Morgan fingerprint density at radius 1 is 1.42 bits per heavy atom. The first-order chi connectivity index (χ1) is 5.58. The Kier molecular flexibility index (Phi) is 12.4. The summed E-state index contributed by atoms with van der Waals surface area (Å²) >= 11 is 0. The molecule has 4 heteroatoms. The summed E-state index contributed by atoms with van der Waals surface area (Å²) in [5, 5.41) is 8.65. The summed E-state index contributed by atoms with van der Waals surface area (Å²) in [7, 11) is 0. The molecule has 12 heavy (non-hydrogen) atoms.